The molecule has 0 saturated heterocycles. The van der Waals surface area contributed by atoms with E-state index >= 15 is 0 Å². The summed E-state index contributed by atoms with van der Waals surface area (Å²) in [6.45, 7) is 2.38. The van der Waals surface area contributed by atoms with Crippen LogP contribution in [0, 0.1) is 0 Å². The lowest BCUT2D eigenvalue weighted by atomic mass is 10.3. The van der Waals surface area contributed by atoms with Gasteiger partial charge in [0, 0.05) is 19.1 Å². The summed E-state index contributed by atoms with van der Waals surface area (Å²) in [6, 6.07) is 10.1. The topological polar surface area (TPSA) is 75.9 Å². The van der Waals surface area contributed by atoms with Gasteiger partial charge in [-0.1, -0.05) is 12.1 Å². The Kier molecular flexibility index (Phi) is 3.58. The zero-order valence-corrected chi connectivity index (χ0v) is 14.4. The normalized spacial score (nSPS) is 17.0. The Hall–Kier alpha value is -2.96. The van der Waals surface area contributed by atoms with Gasteiger partial charge >= 0.3 is 0 Å². The second-order valence-electron chi connectivity index (χ2n) is 6.98. The summed E-state index contributed by atoms with van der Waals surface area (Å²) in [5.74, 6) is 0.799. The van der Waals surface area contributed by atoms with Crippen molar-refractivity contribution in [2.75, 3.05) is 11.4 Å². The van der Waals surface area contributed by atoms with E-state index in [4.69, 9.17) is 4.98 Å². The number of benzene rings is 1. The zero-order valence-electron chi connectivity index (χ0n) is 14.4. The molecule has 26 heavy (non-hydrogen) atoms. The molecule has 0 atom stereocenters. The molecule has 132 valence electrons. The molecular weight excluding hydrogens is 328 g/mol. The standard InChI is InChI=1S/C19H20N6O/c26-19(21-13-6-7-13)17-10-14-12-24(8-3-9-25(14)23-17)18-11-20-15-4-1-2-5-16(15)22-18/h1-2,4-5,10-11,13H,3,6-9,12H2,(H,21,26). The molecule has 7 heteroatoms. The number of carbonyl (C=O) groups excluding carboxylic acids is 1. The van der Waals surface area contributed by atoms with Crippen molar-refractivity contribution in [2.24, 2.45) is 0 Å². The number of hydrogen-bond donors (Lipinski definition) is 1. The summed E-state index contributed by atoms with van der Waals surface area (Å²) in [6.07, 6.45) is 4.93. The van der Waals surface area contributed by atoms with Crippen LogP contribution in [0.1, 0.15) is 35.4 Å². The monoisotopic (exact) mass is 348 g/mol. The number of hydrogen-bond acceptors (Lipinski definition) is 5. The molecule has 2 aromatic heterocycles. The van der Waals surface area contributed by atoms with Crippen LogP contribution in [0.4, 0.5) is 5.82 Å². The molecule has 1 aromatic carbocycles. The van der Waals surface area contributed by atoms with Gasteiger partial charge in [-0.15, -0.1) is 0 Å². The molecule has 1 aliphatic carbocycles. The highest BCUT2D eigenvalue weighted by atomic mass is 16.2. The quantitative estimate of drug-likeness (QED) is 0.785. The minimum absolute atomic E-state index is 0.0647. The number of amides is 1. The number of para-hydroxylation sites is 2. The number of nitrogens with one attached hydrogen (secondary N) is 1. The fourth-order valence-electron chi connectivity index (χ4n) is 3.36. The average molecular weight is 348 g/mol. The van der Waals surface area contributed by atoms with Crippen molar-refractivity contribution in [1.29, 1.82) is 0 Å². The summed E-state index contributed by atoms with van der Waals surface area (Å²) in [4.78, 5) is 23.8. The molecule has 0 unspecified atom stereocenters. The molecular formula is C19H20N6O. The maximum atomic E-state index is 12.3. The fraction of sp³-hybridized carbons (Fsp3) is 0.368. The Morgan fingerprint density at radius 2 is 2.00 bits per heavy atom. The van der Waals surface area contributed by atoms with Crippen molar-refractivity contribution >= 4 is 22.8 Å². The van der Waals surface area contributed by atoms with Gasteiger partial charge in [0.15, 0.2) is 5.69 Å². The first-order valence-electron chi connectivity index (χ1n) is 9.10. The van der Waals surface area contributed by atoms with E-state index in [1.54, 1.807) is 0 Å². The van der Waals surface area contributed by atoms with Crippen LogP contribution in [0.15, 0.2) is 36.5 Å². The molecule has 0 radical (unpaired) electrons. The lowest BCUT2D eigenvalue weighted by Crippen LogP contribution is -2.26. The van der Waals surface area contributed by atoms with Crippen LogP contribution in [0.2, 0.25) is 0 Å². The number of carbonyl (C=O) groups is 1. The zero-order chi connectivity index (χ0) is 17.5. The highest BCUT2D eigenvalue weighted by Gasteiger charge is 2.26. The Morgan fingerprint density at radius 1 is 1.15 bits per heavy atom. The molecule has 3 heterocycles. The van der Waals surface area contributed by atoms with Crippen LogP contribution < -0.4 is 10.2 Å². The third kappa shape index (κ3) is 2.89. The number of anilines is 1. The van der Waals surface area contributed by atoms with Crippen LogP contribution in [0.5, 0.6) is 0 Å². The van der Waals surface area contributed by atoms with E-state index in [-0.39, 0.29) is 5.91 Å². The summed E-state index contributed by atoms with van der Waals surface area (Å²) < 4.78 is 1.95. The maximum absolute atomic E-state index is 12.3. The lowest BCUT2D eigenvalue weighted by molar-refractivity contribution is 0.0945. The fourth-order valence-corrected chi connectivity index (χ4v) is 3.36. The van der Waals surface area contributed by atoms with Crippen molar-refractivity contribution in [3.63, 3.8) is 0 Å². The van der Waals surface area contributed by atoms with E-state index in [0.717, 1.165) is 54.9 Å². The van der Waals surface area contributed by atoms with Gasteiger partial charge in [-0.2, -0.15) is 5.10 Å². The van der Waals surface area contributed by atoms with Crippen molar-refractivity contribution in [3.8, 4) is 0 Å². The van der Waals surface area contributed by atoms with Gasteiger partial charge in [0.25, 0.3) is 5.91 Å². The number of aromatic nitrogens is 4. The second-order valence-corrected chi connectivity index (χ2v) is 6.98. The van der Waals surface area contributed by atoms with Crippen molar-refractivity contribution in [1.82, 2.24) is 25.1 Å². The number of nitrogens with zero attached hydrogens (tertiary/aromatic N) is 5. The van der Waals surface area contributed by atoms with E-state index in [2.05, 4.69) is 20.3 Å². The Bertz CT molecular complexity index is 977. The molecule has 0 bridgehead atoms. The summed E-state index contributed by atoms with van der Waals surface area (Å²) in [7, 11) is 0. The van der Waals surface area contributed by atoms with Crippen LogP contribution in [-0.4, -0.2) is 38.2 Å². The number of aryl methyl sites for hydroxylation is 1. The molecule has 0 spiro atoms. The molecule has 7 nitrogen and oxygen atoms in total. The van der Waals surface area contributed by atoms with E-state index in [1.807, 2.05) is 41.2 Å². The van der Waals surface area contributed by atoms with Gasteiger partial charge in [-0.05, 0) is 37.5 Å². The molecule has 1 N–H and O–H groups in total. The minimum Gasteiger partial charge on any atom is -0.349 e. The van der Waals surface area contributed by atoms with Gasteiger partial charge in [-0.3, -0.25) is 14.5 Å². The number of rotatable bonds is 3. The average Bonchev–Trinajstić information content (AvgIpc) is 3.43. The summed E-state index contributed by atoms with van der Waals surface area (Å²) >= 11 is 0. The van der Waals surface area contributed by atoms with Gasteiger partial charge < -0.3 is 10.2 Å². The first kappa shape index (κ1) is 15.3. The van der Waals surface area contributed by atoms with Crippen LogP contribution in [0.3, 0.4) is 0 Å². The van der Waals surface area contributed by atoms with E-state index < -0.39 is 0 Å². The molecule has 2 aliphatic rings. The third-order valence-electron chi connectivity index (χ3n) is 4.92. The summed E-state index contributed by atoms with van der Waals surface area (Å²) in [5, 5.41) is 7.52. The van der Waals surface area contributed by atoms with Crippen molar-refractivity contribution < 1.29 is 4.79 Å². The van der Waals surface area contributed by atoms with Crippen LogP contribution >= 0.6 is 0 Å². The largest absolute Gasteiger partial charge is 0.349 e. The van der Waals surface area contributed by atoms with Crippen molar-refractivity contribution in [3.05, 3.63) is 47.9 Å². The number of fused-ring (bicyclic) bond motifs is 2. The van der Waals surface area contributed by atoms with Gasteiger partial charge in [0.05, 0.1) is 29.5 Å². The van der Waals surface area contributed by atoms with E-state index in [9.17, 15) is 4.79 Å². The Morgan fingerprint density at radius 3 is 2.85 bits per heavy atom. The maximum Gasteiger partial charge on any atom is 0.272 e. The lowest BCUT2D eigenvalue weighted by Gasteiger charge is -2.20. The highest BCUT2D eigenvalue weighted by Crippen LogP contribution is 2.22. The van der Waals surface area contributed by atoms with Gasteiger partial charge in [0.2, 0.25) is 0 Å². The molecule has 1 aliphatic heterocycles. The minimum atomic E-state index is -0.0647. The first-order chi connectivity index (χ1) is 12.8. The first-order valence-corrected chi connectivity index (χ1v) is 9.10. The summed E-state index contributed by atoms with van der Waals surface area (Å²) in [5.41, 5.74) is 3.35. The molecule has 3 aromatic rings. The SMILES string of the molecule is O=C(NC1CC1)c1cc2n(n1)CCCN(c1cnc3ccccc3n1)C2. The second kappa shape index (κ2) is 6.09. The van der Waals surface area contributed by atoms with Gasteiger partial charge in [0.1, 0.15) is 5.82 Å². The molecule has 5 rings (SSSR count). The predicted octanol–water partition coefficient (Wildman–Crippen LogP) is 2.13. The molecule has 1 saturated carbocycles. The predicted molar refractivity (Wildman–Crippen MR) is 97.9 cm³/mol. The smallest absolute Gasteiger partial charge is 0.272 e. The van der Waals surface area contributed by atoms with Crippen LogP contribution in [-0.2, 0) is 13.1 Å². The Balaban J connectivity index is 1.41. The van der Waals surface area contributed by atoms with Crippen LogP contribution in [0.25, 0.3) is 11.0 Å². The van der Waals surface area contributed by atoms with E-state index in [1.165, 1.54) is 0 Å². The molecule has 1 fully saturated rings. The van der Waals surface area contributed by atoms with E-state index in [0.29, 0.717) is 18.3 Å². The van der Waals surface area contributed by atoms with Crippen molar-refractivity contribution in [2.45, 2.75) is 38.4 Å². The third-order valence-corrected chi connectivity index (χ3v) is 4.92. The molecule has 1 amide bonds. The van der Waals surface area contributed by atoms with Gasteiger partial charge in [-0.25, -0.2) is 4.98 Å². The highest BCUT2D eigenvalue weighted by molar-refractivity contribution is 5.92. The Labute approximate surface area is 151 Å².